The molecule has 0 spiro atoms. The molecule has 0 amide bonds. The number of carbonyl (C=O) groups is 3. The van der Waals surface area contributed by atoms with Gasteiger partial charge in [0.15, 0.2) is 6.10 Å². The molecule has 0 fully saturated rings. The summed E-state index contributed by atoms with van der Waals surface area (Å²) in [5.41, 5.74) is 0. The second-order valence-electron chi connectivity index (χ2n) is 18.6. The smallest absolute Gasteiger partial charge is 0.306 e. The quantitative estimate of drug-likeness (QED) is 0.0262. The SMILES string of the molecule is CC\C=C/C=C\C=C/CCCCCCCC(=O)OCC(COC(=O)CCCCCCCCCCCC/C=C\C=C/CCCCC)OC(=O)CCCCCCCCCCCCCCCCC. The van der Waals surface area contributed by atoms with Crippen molar-refractivity contribution >= 4 is 17.9 Å². The third kappa shape index (κ3) is 51.9. The van der Waals surface area contributed by atoms with Crippen LogP contribution in [0, 0.1) is 0 Å². The van der Waals surface area contributed by atoms with Crippen molar-refractivity contribution in [3.05, 3.63) is 60.8 Å². The van der Waals surface area contributed by atoms with Crippen LogP contribution in [0.3, 0.4) is 0 Å². The minimum Gasteiger partial charge on any atom is -0.462 e. The molecule has 65 heavy (non-hydrogen) atoms. The van der Waals surface area contributed by atoms with E-state index in [0.717, 1.165) is 83.5 Å². The molecule has 0 aromatic rings. The third-order valence-electron chi connectivity index (χ3n) is 12.1. The molecule has 0 aromatic carbocycles. The molecule has 6 heteroatoms. The van der Waals surface area contributed by atoms with E-state index >= 15 is 0 Å². The second kappa shape index (κ2) is 53.7. The minimum atomic E-state index is -0.781. The number of carbonyl (C=O) groups excluding carboxylic acids is 3. The summed E-state index contributed by atoms with van der Waals surface area (Å²) in [6.45, 7) is 6.48. The maximum atomic E-state index is 12.8. The van der Waals surface area contributed by atoms with Crippen LogP contribution in [0.5, 0.6) is 0 Å². The van der Waals surface area contributed by atoms with Crippen LogP contribution in [0.25, 0.3) is 0 Å². The topological polar surface area (TPSA) is 78.9 Å². The molecule has 1 unspecified atom stereocenters. The molecule has 0 bridgehead atoms. The van der Waals surface area contributed by atoms with Gasteiger partial charge in [0.05, 0.1) is 0 Å². The van der Waals surface area contributed by atoms with E-state index in [4.69, 9.17) is 14.2 Å². The average molecular weight is 909 g/mol. The van der Waals surface area contributed by atoms with Crippen molar-refractivity contribution in [2.45, 2.75) is 284 Å². The van der Waals surface area contributed by atoms with Crippen LogP contribution in [0.2, 0.25) is 0 Å². The lowest BCUT2D eigenvalue weighted by molar-refractivity contribution is -0.167. The molecule has 0 N–H and O–H groups in total. The molecular weight excluding hydrogens is 805 g/mol. The van der Waals surface area contributed by atoms with Gasteiger partial charge in [-0.1, -0.05) is 255 Å². The number of hydrogen-bond acceptors (Lipinski definition) is 6. The molecule has 0 aliphatic rings. The molecule has 0 radical (unpaired) electrons. The summed E-state index contributed by atoms with van der Waals surface area (Å²) in [6.07, 6.45) is 66.3. The maximum Gasteiger partial charge on any atom is 0.306 e. The fourth-order valence-corrected chi connectivity index (χ4v) is 7.90. The Morgan fingerprint density at radius 3 is 0.969 bits per heavy atom. The lowest BCUT2D eigenvalue weighted by Crippen LogP contribution is -2.30. The highest BCUT2D eigenvalue weighted by Crippen LogP contribution is 2.16. The van der Waals surface area contributed by atoms with Gasteiger partial charge < -0.3 is 14.2 Å². The normalized spacial score (nSPS) is 12.5. The second-order valence-corrected chi connectivity index (χ2v) is 18.6. The predicted molar refractivity (Wildman–Crippen MR) is 279 cm³/mol. The largest absolute Gasteiger partial charge is 0.462 e. The van der Waals surface area contributed by atoms with Gasteiger partial charge in [0.1, 0.15) is 13.2 Å². The van der Waals surface area contributed by atoms with Crippen molar-refractivity contribution in [1.82, 2.24) is 0 Å². The van der Waals surface area contributed by atoms with Crippen LogP contribution in [-0.4, -0.2) is 37.2 Å². The Labute approximate surface area is 402 Å². The van der Waals surface area contributed by atoms with Gasteiger partial charge >= 0.3 is 17.9 Å². The van der Waals surface area contributed by atoms with Gasteiger partial charge in [-0.2, -0.15) is 0 Å². The van der Waals surface area contributed by atoms with Gasteiger partial charge in [-0.15, -0.1) is 0 Å². The highest BCUT2D eigenvalue weighted by atomic mass is 16.6. The van der Waals surface area contributed by atoms with Crippen molar-refractivity contribution < 1.29 is 28.6 Å². The number of allylic oxidation sites excluding steroid dienone is 10. The van der Waals surface area contributed by atoms with E-state index in [1.165, 1.54) is 154 Å². The summed E-state index contributed by atoms with van der Waals surface area (Å²) < 4.78 is 16.8. The Bertz CT molecular complexity index is 1180. The fraction of sp³-hybridized carbons (Fsp3) is 0.780. The molecule has 0 saturated carbocycles. The fourth-order valence-electron chi connectivity index (χ4n) is 7.90. The molecule has 0 heterocycles. The average Bonchev–Trinajstić information content (AvgIpc) is 3.30. The van der Waals surface area contributed by atoms with Crippen molar-refractivity contribution in [1.29, 1.82) is 0 Å². The van der Waals surface area contributed by atoms with Gasteiger partial charge in [-0.05, 0) is 64.2 Å². The monoisotopic (exact) mass is 909 g/mol. The van der Waals surface area contributed by atoms with Gasteiger partial charge in [-0.3, -0.25) is 14.4 Å². The summed E-state index contributed by atoms with van der Waals surface area (Å²) in [4.78, 5) is 38.1. The minimum absolute atomic E-state index is 0.0805. The van der Waals surface area contributed by atoms with Crippen LogP contribution in [-0.2, 0) is 28.6 Å². The molecule has 0 aliphatic carbocycles. The first-order valence-corrected chi connectivity index (χ1v) is 27.8. The first-order chi connectivity index (χ1) is 32.0. The van der Waals surface area contributed by atoms with Crippen molar-refractivity contribution in [3.8, 4) is 0 Å². The first-order valence-electron chi connectivity index (χ1n) is 27.8. The molecular formula is C59H104O6. The van der Waals surface area contributed by atoms with Gasteiger partial charge in [0.2, 0.25) is 0 Å². The van der Waals surface area contributed by atoms with Crippen LogP contribution in [0.1, 0.15) is 278 Å². The zero-order chi connectivity index (χ0) is 47.2. The van der Waals surface area contributed by atoms with E-state index in [0.29, 0.717) is 19.3 Å². The van der Waals surface area contributed by atoms with E-state index in [2.05, 4.69) is 81.5 Å². The molecule has 1 atom stereocenters. The Kier molecular flexibility index (Phi) is 51.3. The third-order valence-corrected chi connectivity index (χ3v) is 12.1. The molecule has 0 aliphatic heterocycles. The Balaban J connectivity index is 4.35. The van der Waals surface area contributed by atoms with Crippen molar-refractivity contribution in [2.75, 3.05) is 13.2 Å². The standard InChI is InChI=1S/C59H104O6/c1-4-7-10-13-16-19-22-25-27-28-29-30-32-34-37-40-43-46-49-52-58(61)64-55-56(54-63-57(60)51-48-45-42-39-36-33-24-21-18-15-12-9-6-3)65-59(62)53-50-47-44-41-38-35-31-26-23-20-17-14-11-8-5-2/h9,12,15-16,18-19,21-22,24-25,56H,4-8,10-11,13-14,17,20,23,26-55H2,1-3H3/b12-9-,18-15-,19-16-,24-21-,25-22-. The zero-order valence-corrected chi connectivity index (χ0v) is 43.0. The molecule has 0 aromatic heterocycles. The summed E-state index contributed by atoms with van der Waals surface area (Å²) >= 11 is 0. The van der Waals surface area contributed by atoms with Crippen LogP contribution in [0.15, 0.2) is 60.8 Å². The van der Waals surface area contributed by atoms with Crippen LogP contribution >= 0.6 is 0 Å². The summed E-state index contributed by atoms with van der Waals surface area (Å²) in [5.74, 6) is -0.894. The lowest BCUT2D eigenvalue weighted by atomic mass is 10.0. The summed E-state index contributed by atoms with van der Waals surface area (Å²) in [7, 11) is 0. The highest BCUT2D eigenvalue weighted by Gasteiger charge is 2.19. The van der Waals surface area contributed by atoms with E-state index < -0.39 is 6.10 Å². The van der Waals surface area contributed by atoms with Crippen LogP contribution in [0.4, 0.5) is 0 Å². The van der Waals surface area contributed by atoms with Gasteiger partial charge in [0, 0.05) is 19.3 Å². The van der Waals surface area contributed by atoms with Crippen LogP contribution < -0.4 is 0 Å². The maximum absolute atomic E-state index is 12.8. The number of esters is 3. The number of rotatable bonds is 50. The van der Waals surface area contributed by atoms with Gasteiger partial charge in [-0.25, -0.2) is 0 Å². The van der Waals surface area contributed by atoms with Crippen molar-refractivity contribution in [2.24, 2.45) is 0 Å². The summed E-state index contributed by atoms with van der Waals surface area (Å²) in [5, 5.41) is 0. The Hall–Kier alpha value is -2.89. The molecule has 6 nitrogen and oxygen atoms in total. The van der Waals surface area contributed by atoms with E-state index in [-0.39, 0.29) is 31.1 Å². The summed E-state index contributed by atoms with van der Waals surface area (Å²) in [6, 6.07) is 0. The first kappa shape index (κ1) is 62.1. The number of hydrogen-bond donors (Lipinski definition) is 0. The van der Waals surface area contributed by atoms with E-state index in [1.807, 2.05) is 0 Å². The van der Waals surface area contributed by atoms with Gasteiger partial charge in [0.25, 0.3) is 0 Å². The predicted octanol–water partition coefficient (Wildman–Crippen LogP) is 18.4. The number of ether oxygens (including phenoxy) is 3. The highest BCUT2D eigenvalue weighted by molar-refractivity contribution is 5.71. The Morgan fingerprint density at radius 2 is 0.600 bits per heavy atom. The van der Waals surface area contributed by atoms with E-state index in [9.17, 15) is 14.4 Å². The molecule has 0 rings (SSSR count). The number of unbranched alkanes of at least 4 members (excludes halogenated alkanes) is 32. The molecule has 0 saturated heterocycles. The molecule has 376 valence electrons. The Morgan fingerprint density at radius 1 is 0.323 bits per heavy atom. The zero-order valence-electron chi connectivity index (χ0n) is 43.0. The van der Waals surface area contributed by atoms with E-state index in [1.54, 1.807) is 0 Å². The van der Waals surface area contributed by atoms with Crippen molar-refractivity contribution in [3.63, 3.8) is 0 Å². The lowest BCUT2D eigenvalue weighted by Gasteiger charge is -2.18.